The fourth-order valence-electron chi connectivity index (χ4n) is 3.54. The van der Waals surface area contributed by atoms with Crippen molar-refractivity contribution in [2.24, 2.45) is 5.92 Å². The molecule has 0 radical (unpaired) electrons. The summed E-state index contributed by atoms with van der Waals surface area (Å²) in [6.07, 6.45) is 0.975. The molecular weight excluding hydrogens is 391 g/mol. The van der Waals surface area contributed by atoms with Crippen LogP contribution < -0.4 is 16.0 Å². The zero-order valence-corrected chi connectivity index (χ0v) is 16.6. The van der Waals surface area contributed by atoms with Gasteiger partial charge in [0.25, 0.3) is 0 Å². The van der Waals surface area contributed by atoms with Crippen LogP contribution in [0.15, 0.2) is 18.2 Å². The Bertz CT molecular complexity index is 771. The molecule has 1 aromatic carbocycles. The van der Waals surface area contributed by atoms with E-state index < -0.39 is 18.1 Å². The number of halogens is 2. The zero-order chi connectivity index (χ0) is 19.7. The molecule has 2 heterocycles. The maximum absolute atomic E-state index is 12.6. The quantitative estimate of drug-likeness (QED) is 0.709. The summed E-state index contributed by atoms with van der Waals surface area (Å²) < 4.78 is 0. The molecule has 0 bridgehead atoms. The molecule has 7 nitrogen and oxygen atoms in total. The summed E-state index contributed by atoms with van der Waals surface area (Å²) in [5.74, 6) is 0.0410. The van der Waals surface area contributed by atoms with Crippen molar-refractivity contribution in [2.45, 2.75) is 44.8 Å². The summed E-state index contributed by atoms with van der Waals surface area (Å²) in [4.78, 5) is 38.9. The average molecular weight is 413 g/mol. The number of nitrogens with one attached hydrogen (secondary N) is 3. The standard InChI is InChI=1S/C18H22Cl2N4O3/c1-9(2)6-13-17(26)24-8-10(7-14(24)16(25)22-13)21-18(27)23-12-5-3-4-11(19)15(12)20/h3-5,9-10,13-14H,6-8H2,1-2H3,(H,22,25)(H2,21,23,27)/t10-,13+,14-/m0/s1. The topological polar surface area (TPSA) is 90.5 Å². The van der Waals surface area contributed by atoms with Crippen LogP contribution in [0, 0.1) is 5.92 Å². The molecule has 2 saturated heterocycles. The zero-order valence-electron chi connectivity index (χ0n) is 15.1. The third-order valence-electron chi connectivity index (χ3n) is 4.74. The number of carbonyl (C=O) groups is 3. The van der Waals surface area contributed by atoms with Gasteiger partial charge in [-0.3, -0.25) is 9.59 Å². The van der Waals surface area contributed by atoms with E-state index in [0.717, 1.165) is 0 Å². The molecule has 0 saturated carbocycles. The maximum atomic E-state index is 12.6. The number of anilines is 1. The van der Waals surface area contributed by atoms with Gasteiger partial charge in [-0.05, 0) is 30.9 Å². The minimum Gasteiger partial charge on any atom is -0.342 e. The Morgan fingerprint density at radius 1 is 1.33 bits per heavy atom. The Morgan fingerprint density at radius 3 is 2.78 bits per heavy atom. The lowest BCUT2D eigenvalue weighted by molar-refractivity contribution is -0.147. The highest BCUT2D eigenvalue weighted by Gasteiger charge is 2.46. The first-order chi connectivity index (χ1) is 12.8. The Labute approximate surface area is 167 Å². The number of hydrogen-bond acceptors (Lipinski definition) is 3. The van der Waals surface area contributed by atoms with Gasteiger partial charge < -0.3 is 20.9 Å². The van der Waals surface area contributed by atoms with Crippen LogP contribution in [0.3, 0.4) is 0 Å². The van der Waals surface area contributed by atoms with Gasteiger partial charge >= 0.3 is 6.03 Å². The van der Waals surface area contributed by atoms with Crippen molar-refractivity contribution < 1.29 is 14.4 Å². The Kier molecular flexibility index (Phi) is 5.81. The molecule has 2 aliphatic rings. The Hall–Kier alpha value is -1.99. The van der Waals surface area contributed by atoms with Crippen molar-refractivity contribution in [3.8, 4) is 0 Å². The molecule has 2 aliphatic heterocycles. The van der Waals surface area contributed by atoms with Gasteiger partial charge in [-0.1, -0.05) is 43.1 Å². The van der Waals surface area contributed by atoms with Crippen LogP contribution in [0.4, 0.5) is 10.5 Å². The van der Waals surface area contributed by atoms with Crippen LogP contribution in [0.2, 0.25) is 10.0 Å². The second kappa shape index (κ2) is 7.94. The van der Waals surface area contributed by atoms with Gasteiger partial charge in [-0.25, -0.2) is 4.79 Å². The third kappa shape index (κ3) is 4.30. The second-order valence-corrected chi connectivity index (χ2v) is 8.11. The lowest BCUT2D eigenvalue weighted by Crippen LogP contribution is -2.61. The monoisotopic (exact) mass is 412 g/mol. The van der Waals surface area contributed by atoms with Gasteiger partial charge in [-0.15, -0.1) is 0 Å². The molecule has 0 spiro atoms. The molecule has 2 fully saturated rings. The van der Waals surface area contributed by atoms with E-state index >= 15 is 0 Å². The molecule has 3 rings (SSSR count). The van der Waals surface area contributed by atoms with Gasteiger partial charge in [0, 0.05) is 6.54 Å². The van der Waals surface area contributed by atoms with E-state index in [1.54, 1.807) is 23.1 Å². The van der Waals surface area contributed by atoms with Crippen LogP contribution in [0.1, 0.15) is 26.7 Å². The fraction of sp³-hybridized carbons (Fsp3) is 0.500. The van der Waals surface area contributed by atoms with Crippen molar-refractivity contribution in [3.05, 3.63) is 28.2 Å². The summed E-state index contributed by atoms with van der Waals surface area (Å²) in [6, 6.07) is 3.12. The van der Waals surface area contributed by atoms with Crippen molar-refractivity contribution in [3.63, 3.8) is 0 Å². The van der Waals surface area contributed by atoms with Crippen molar-refractivity contribution in [1.29, 1.82) is 0 Å². The lowest BCUT2D eigenvalue weighted by atomic mass is 9.99. The highest BCUT2D eigenvalue weighted by molar-refractivity contribution is 6.43. The molecule has 3 N–H and O–H groups in total. The van der Waals surface area contributed by atoms with Gasteiger partial charge in [0.15, 0.2) is 0 Å². The molecule has 4 amide bonds. The Balaban J connectivity index is 1.62. The first kappa shape index (κ1) is 19.8. The molecule has 146 valence electrons. The van der Waals surface area contributed by atoms with Crippen LogP contribution >= 0.6 is 23.2 Å². The van der Waals surface area contributed by atoms with Gasteiger partial charge in [0.05, 0.1) is 21.8 Å². The van der Waals surface area contributed by atoms with E-state index in [4.69, 9.17) is 23.2 Å². The molecule has 9 heteroatoms. The number of carbonyl (C=O) groups excluding carboxylic acids is 3. The number of amides is 4. The number of hydrogen-bond donors (Lipinski definition) is 3. The van der Waals surface area contributed by atoms with E-state index in [1.165, 1.54) is 0 Å². The molecule has 27 heavy (non-hydrogen) atoms. The van der Waals surface area contributed by atoms with E-state index in [2.05, 4.69) is 16.0 Å². The molecule has 1 aromatic rings. The van der Waals surface area contributed by atoms with E-state index in [9.17, 15) is 14.4 Å². The first-order valence-corrected chi connectivity index (χ1v) is 9.64. The maximum Gasteiger partial charge on any atom is 0.319 e. The predicted octanol–water partition coefficient (Wildman–Crippen LogP) is 2.63. The van der Waals surface area contributed by atoms with E-state index in [0.29, 0.717) is 36.0 Å². The minimum atomic E-state index is -0.541. The summed E-state index contributed by atoms with van der Waals surface area (Å²) in [6.45, 7) is 4.32. The van der Waals surface area contributed by atoms with Gasteiger partial charge in [0.2, 0.25) is 11.8 Å². The van der Waals surface area contributed by atoms with Crippen LogP contribution in [-0.2, 0) is 9.59 Å². The lowest BCUT2D eigenvalue weighted by Gasteiger charge is -2.35. The van der Waals surface area contributed by atoms with Gasteiger partial charge in [-0.2, -0.15) is 0 Å². The van der Waals surface area contributed by atoms with Crippen LogP contribution in [0.25, 0.3) is 0 Å². The number of urea groups is 1. The first-order valence-electron chi connectivity index (χ1n) is 8.88. The largest absolute Gasteiger partial charge is 0.342 e. The number of benzene rings is 1. The van der Waals surface area contributed by atoms with Crippen molar-refractivity contribution in [1.82, 2.24) is 15.5 Å². The molecule has 3 atom stereocenters. The fourth-order valence-corrected chi connectivity index (χ4v) is 3.89. The number of piperazine rings is 1. The van der Waals surface area contributed by atoms with Crippen molar-refractivity contribution in [2.75, 3.05) is 11.9 Å². The molecule has 0 aromatic heterocycles. The Morgan fingerprint density at radius 2 is 2.07 bits per heavy atom. The third-order valence-corrected chi connectivity index (χ3v) is 5.56. The SMILES string of the molecule is CC(C)C[C@H]1NC(=O)[C@@H]2C[C@H](NC(=O)Nc3cccc(Cl)c3Cl)CN2C1=O. The van der Waals surface area contributed by atoms with Crippen molar-refractivity contribution >= 4 is 46.7 Å². The number of rotatable bonds is 4. The van der Waals surface area contributed by atoms with E-state index in [-0.39, 0.29) is 22.9 Å². The molecule has 0 unspecified atom stereocenters. The smallest absolute Gasteiger partial charge is 0.319 e. The predicted molar refractivity (Wildman–Crippen MR) is 104 cm³/mol. The number of fused-ring (bicyclic) bond motifs is 1. The van der Waals surface area contributed by atoms with Gasteiger partial charge in [0.1, 0.15) is 12.1 Å². The summed E-state index contributed by atoms with van der Waals surface area (Å²) in [5, 5.41) is 8.85. The normalized spacial score (nSPS) is 24.6. The summed E-state index contributed by atoms with van der Waals surface area (Å²) >= 11 is 12.0. The summed E-state index contributed by atoms with van der Waals surface area (Å²) in [5.41, 5.74) is 0.392. The second-order valence-electron chi connectivity index (χ2n) is 7.33. The highest BCUT2D eigenvalue weighted by atomic mass is 35.5. The molecule has 0 aliphatic carbocycles. The van der Waals surface area contributed by atoms with E-state index in [1.807, 2.05) is 13.8 Å². The minimum absolute atomic E-state index is 0.0871. The molecular formula is C18H22Cl2N4O3. The number of nitrogens with zero attached hydrogens (tertiary/aromatic N) is 1. The van der Waals surface area contributed by atoms with Crippen LogP contribution in [-0.4, -0.2) is 47.4 Å². The van der Waals surface area contributed by atoms with Crippen LogP contribution in [0.5, 0.6) is 0 Å². The highest BCUT2D eigenvalue weighted by Crippen LogP contribution is 2.30. The average Bonchev–Trinajstić information content (AvgIpc) is 3.00. The summed E-state index contributed by atoms with van der Waals surface area (Å²) in [7, 11) is 0.